The standard InChI is InChI=1S/C5H13N3/c1-4-7-8(3)5(2)6/h6-7H,4H2,1-3H3. The summed E-state index contributed by atoms with van der Waals surface area (Å²) in [7, 11) is 1.83. The molecule has 0 saturated heterocycles. The van der Waals surface area contributed by atoms with E-state index in [1.165, 1.54) is 0 Å². The average molecular weight is 115 g/mol. The highest BCUT2D eigenvalue weighted by Crippen LogP contribution is 1.73. The summed E-state index contributed by atoms with van der Waals surface area (Å²) in [5.41, 5.74) is 2.95. The third-order valence-electron chi connectivity index (χ3n) is 0.898. The molecule has 0 bridgehead atoms. The third kappa shape index (κ3) is 2.58. The Bertz CT molecular complexity index is 79.7. The molecule has 0 fully saturated rings. The quantitative estimate of drug-likeness (QED) is 0.311. The first kappa shape index (κ1) is 7.43. The van der Waals surface area contributed by atoms with Crippen LogP contribution in [0.5, 0.6) is 0 Å². The number of rotatable bonds is 2. The topological polar surface area (TPSA) is 39.1 Å². The van der Waals surface area contributed by atoms with E-state index in [0.29, 0.717) is 5.84 Å². The Morgan fingerprint density at radius 2 is 2.25 bits per heavy atom. The molecule has 0 aromatic carbocycles. The number of amidine groups is 1. The molecular weight excluding hydrogens is 102 g/mol. The molecule has 3 heteroatoms. The first-order valence-corrected chi connectivity index (χ1v) is 2.71. The van der Waals surface area contributed by atoms with Gasteiger partial charge in [0.05, 0.1) is 0 Å². The van der Waals surface area contributed by atoms with Gasteiger partial charge >= 0.3 is 0 Å². The predicted octanol–water partition coefficient (Wildman–Crippen LogP) is 0.440. The molecule has 0 aliphatic carbocycles. The minimum Gasteiger partial charge on any atom is -0.300 e. The van der Waals surface area contributed by atoms with Crippen LogP contribution in [0, 0.1) is 5.41 Å². The Hall–Kier alpha value is -0.570. The molecule has 8 heavy (non-hydrogen) atoms. The number of hydrazine groups is 1. The summed E-state index contributed by atoms with van der Waals surface area (Å²) in [4.78, 5) is 0. The van der Waals surface area contributed by atoms with Gasteiger partial charge < -0.3 is 0 Å². The highest BCUT2D eigenvalue weighted by Gasteiger charge is 1.91. The average Bonchev–Trinajstić information content (AvgIpc) is 1.67. The lowest BCUT2D eigenvalue weighted by Gasteiger charge is -2.16. The zero-order valence-corrected chi connectivity index (χ0v) is 5.65. The molecule has 0 aliphatic rings. The van der Waals surface area contributed by atoms with Crippen molar-refractivity contribution >= 4 is 5.84 Å². The van der Waals surface area contributed by atoms with E-state index in [0.717, 1.165) is 6.54 Å². The number of nitrogens with zero attached hydrogens (tertiary/aromatic N) is 1. The second kappa shape index (κ2) is 3.43. The summed E-state index contributed by atoms with van der Waals surface area (Å²) < 4.78 is 0. The van der Waals surface area contributed by atoms with Crippen molar-refractivity contribution < 1.29 is 0 Å². The van der Waals surface area contributed by atoms with Crippen LogP contribution in [0.1, 0.15) is 13.8 Å². The van der Waals surface area contributed by atoms with Crippen molar-refractivity contribution in [2.75, 3.05) is 13.6 Å². The van der Waals surface area contributed by atoms with Crippen LogP contribution < -0.4 is 5.43 Å². The normalized spacial score (nSPS) is 8.88. The van der Waals surface area contributed by atoms with Crippen LogP contribution >= 0.6 is 0 Å². The molecule has 0 heterocycles. The first-order chi connectivity index (χ1) is 3.68. The fourth-order valence-corrected chi connectivity index (χ4v) is 0.356. The van der Waals surface area contributed by atoms with E-state index >= 15 is 0 Å². The zero-order chi connectivity index (χ0) is 6.57. The summed E-state index contributed by atoms with van der Waals surface area (Å²) in [6, 6.07) is 0. The Kier molecular flexibility index (Phi) is 3.19. The van der Waals surface area contributed by atoms with Crippen molar-refractivity contribution in [3.8, 4) is 0 Å². The molecule has 0 spiro atoms. The molecule has 0 aliphatic heterocycles. The highest BCUT2D eigenvalue weighted by molar-refractivity contribution is 5.75. The summed E-state index contributed by atoms with van der Waals surface area (Å²) in [5, 5.41) is 8.75. The van der Waals surface area contributed by atoms with Gasteiger partial charge in [-0.1, -0.05) is 6.92 Å². The van der Waals surface area contributed by atoms with E-state index in [1.54, 1.807) is 11.9 Å². The SMILES string of the molecule is CCNN(C)C(C)=N. The molecule has 48 valence electrons. The lowest BCUT2D eigenvalue weighted by molar-refractivity contribution is 0.374. The van der Waals surface area contributed by atoms with Crippen molar-refractivity contribution in [1.29, 1.82) is 5.41 Å². The summed E-state index contributed by atoms with van der Waals surface area (Å²) in [6.45, 7) is 4.61. The van der Waals surface area contributed by atoms with Gasteiger partial charge in [0, 0.05) is 13.6 Å². The zero-order valence-electron chi connectivity index (χ0n) is 5.65. The van der Waals surface area contributed by atoms with Crippen LogP contribution in [0.25, 0.3) is 0 Å². The first-order valence-electron chi connectivity index (χ1n) is 2.71. The van der Waals surface area contributed by atoms with Gasteiger partial charge in [0.1, 0.15) is 5.84 Å². The van der Waals surface area contributed by atoms with E-state index in [1.807, 2.05) is 14.0 Å². The molecule has 3 nitrogen and oxygen atoms in total. The van der Waals surface area contributed by atoms with Gasteiger partial charge in [-0.3, -0.25) is 10.4 Å². The van der Waals surface area contributed by atoms with Crippen molar-refractivity contribution in [3.05, 3.63) is 0 Å². The Labute approximate surface area is 50.2 Å². The van der Waals surface area contributed by atoms with Gasteiger partial charge in [-0.05, 0) is 6.92 Å². The van der Waals surface area contributed by atoms with E-state index in [9.17, 15) is 0 Å². The Morgan fingerprint density at radius 1 is 1.75 bits per heavy atom. The van der Waals surface area contributed by atoms with Crippen LogP contribution in [0.2, 0.25) is 0 Å². The Balaban J connectivity index is 3.32. The minimum absolute atomic E-state index is 0.534. The number of hydrogen-bond acceptors (Lipinski definition) is 2. The molecule has 0 radical (unpaired) electrons. The maximum Gasteiger partial charge on any atom is 0.107 e. The van der Waals surface area contributed by atoms with Gasteiger partial charge in [0.25, 0.3) is 0 Å². The predicted molar refractivity (Wildman–Crippen MR) is 34.8 cm³/mol. The summed E-state index contributed by atoms with van der Waals surface area (Å²) in [5.74, 6) is 0.534. The molecule has 0 atom stereocenters. The molecular formula is C5H13N3. The fraction of sp³-hybridized carbons (Fsp3) is 0.800. The molecule has 0 aromatic rings. The van der Waals surface area contributed by atoms with Gasteiger partial charge in [-0.25, -0.2) is 5.43 Å². The minimum atomic E-state index is 0.534. The fourth-order valence-electron chi connectivity index (χ4n) is 0.356. The van der Waals surface area contributed by atoms with E-state index < -0.39 is 0 Å². The maximum absolute atomic E-state index is 7.07. The third-order valence-corrected chi connectivity index (χ3v) is 0.898. The summed E-state index contributed by atoms with van der Waals surface area (Å²) in [6.07, 6.45) is 0. The molecule has 0 saturated carbocycles. The largest absolute Gasteiger partial charge is 0.300 e. The molecule has 0 amide bonds. The van der Waals surface area contributed by atoms with Crippen LogP contribution in [0.4, 0.5) is 0 Å². The lowest BCUT2D eigenvalue weighted by atomic mass is 10.6. The maximum atomic E-state index is 7.07. The molecule has 0 rings (SSSR count). The van der Waals surface area contributed by atoms with Crippen LogP contribution in [0.15, 0.2) is 0 Å². The lowest BCUT2D eigenvalue weighted by Crippen LogP contribution is -2.37. The van der Waals surface area contributed by atoms with Crippen LogP contribution in [-0.4, -0.2) is 24.4 Å². The molecule has 2 N–H and O–H groups in total. The summed E-state index contributed by atoms with van der Waals surface area (Å²) >= 11 is 0. The van der Waals surface area contributed by atoms with E-state index in [2.05, 4.69) is 5.43 Å². The number of nitrogens with one attached hydrogen (secondary N) is 2. The second-order valence-electron chi connectivity index (χ2n) is 1.66. The van der Waals surface area contributed by atoms with Crippen molar-refractivity contribution in [2.24, 2.45) is 0 Å². The van der Waals surface area contributed by atoms with Crippen LogP contribution in [-0.2, 0) is 0 Å². The highest BCUT2D eigenvalue weighted by atomic mass is 15.5. The van der Waals surface area contributed by atoms with Gasteiger partial charge in [0.15, 0.2) is 0 Å². The van der Waals surface area contributed by atoms with Gasteiger partial charge in [-0.2, -0.15) is 0 Å². The van der Waals surface area contributed by atoms with Gasteiger partial charge in [-0.15, -0.1) is 0 Å². The van der Waals surface area contributed by atoms with Crippen molar-refractivity contribution in [2.45, 2.75) is 13.8 Å². The smallest absolute Gasteiger partial charge is 0.107 e. The molecule has 0 unspecified atom stereocenters. The Morgan fingerprint density at radius 3 is 2.38 bits per heavy atom. The molecule has 0 aromatic heterocycles. The van der Waals surface area contributed by atoms with Crippen LogP contribution in [0.3, 0.4) is 0 Å². The monoisotopic (exact) mass is 115 g/mol. The number of hydrogen-bond donors (Lipinski definition) is 2. The van der Waals surface area contributed by atoms with E-state index in [-0.39, 0.29) is 0 Å². The second-order valence-corrected chi connectivity index (χ2v) is 1.66. The van der Waals surface area contributed by atoms with Crippen molar-refractivity contribution in [1.82, 2.24) is 10.4 Å². The van der Waals surface area contributed by atoms with Crippen molar-refractivity contribution in [3.63, 3.8) is 0 Å². The van der Waals surface area contributed by atoms with E-state index in [4.69, 9.17) is 5.41 Å². The van der Waals surface area contributed by atoms with Gasteiger partial charge in [0.2, 0.25) is 0 Å².